The molecule has 0 aromatic carbocycles. The number of rotatable bonds is 2. The first-order valence-electron chi connectivity index (χ1n) is 5.98. The van der Waals surface area contributed by atoms with Gasteiger partial charge in [-0.25, -0.2) is 0 Å². The van der Waals surface area contributed by atoms with Gasteiger partial charge in [-0.15, -0.1) is 10.2 Å². The molecule has 0 amide bonds. The molecule has 0 bridgehead atoms. The molecule has 3 heterocycles. The Morgan fingerprint density at radius 1 is 1.41 bits per heavy atom. The van der Waals surface area contributed by atoms with Gasteiger partial charge in [0.25, 0.3) is 0 Å². The number of nitrogens with one attached hydrogen (secondary N) is 1. The highest BCUT2D eigenvalue weighted by Crippen LogP contribution is 2.23. The van der Waals surface area contributed by atoms with Crippen LogP contribution in [0, 0.1) is 0 Å². The van der Waals surface area contributed by atoms with Crippen LogP contribution in [-0.4, -0.2) is 26.3 Å². The molecule has 3 rings (SSSR count). The number of pyridine rings is 1. The highest BCUT2D eigenvalue weighted by molar-refractivity contribution is 5.49. The molecule has 0 saturated carbocycles. The maximum absolute atomic E-state index is 4.34. The van der Waals surface area contributed by atoms with Gasteiger partial charge in [-0.05, 0) is 18.6 Å². The van der Waals surface area contributed by atoms with E-state index < -0.39 is 0 Å². The lowest BCUT2D eigenvalue weighted by molar-refractivity contribution is 0.407. The van der Waals surface area contributed by atoms with Crippen LogP contribution in [0.5, 0.6) is 0 Å². The Bertz CT molecular complexity index is 505. The van der Waals surface area contributed by atoms with Crippen molar-refractivity contribution in [3.8, 4) is 11.5 Å². The van der Waals surface area contributed by atoms with E-state index >= 15 is 0 Å². The van der Waals surface area contributed by atoms with E-state index in [4.69, 9.17) is 0 Å². The summed E-state index contributed by atoms with van der Waals surface area (Å²) in [6.45, 7) is 4.02. The fraction of sp³-hybridized carbons (Fsp3) is 0.417. The number of nitrogens with zero attached hydrogens (tertiary/aromatic N) is 4. The van der Waals surface area contributed by atoms with Crippen molar-refractivity contribution >= 4 is 0 Å². The molecule has 1 unspecified atom stereocenters. The van der Waals surface area contributed by atoms with Gasteiger partial charge in [0, 0.05) is 19.3 Å². The maximum atomic E-state index is 4.34. The second kappa shape index (κ2) is 4.25. The molecule has 17 heavy (non-hydrogen) atoms. The van der Waals surface area contributed by atoms with E-state index in [1.54, 1.807) is 6.20 Å². The van der Waals surface area contributed by atoms with Crippen molar-refractivity contribution in [2.24, 2.45) is 0 Å². The molecule has 0 saturated heterocycles. The molecule has 1 aliphatic heterocycles. The average Bonchev–Trinajstić information content (AvgIpc) is 2.83. The molecule has 0 aliphatic carbocycles. The molecule has 2 aromatic heterocycles. The van der Waals surface area contributed by atoms with Crippen LogP contribution in [0.1, 0.15) is 25.2 Å². The van der Waals surface area contributed by atoms with Crippen molar-refractivity contribution in [2.75, 3.05) is 6.54 Å². The van der Waals surface area contributed by atoms with Crippen LogP contribution in [0.2, 0.25) is 0 Å². The number of aromatic nitrogens is 4. The zero-order valence-electron chi connectivity index (χ0n) is 9.80. The molecule has 2 aromatic rings. The van der Waals surface area contributed by atoms with E-state index in [0.29, 0.717) is 6.04 Å². The third-order valence-electron chi connectivity index (χ3n) is 3.12. The van der Waals surface area contributed by atoms with Crippen molar-refractivity contribution in [3.63, 3.8) is 0 Å². The summed E-state index contributed by atoms with van der Waals surface area (Å²) in [6, 6.07) is 6.17. The van der Waals surface area contributed by atoms with E-state index in [-0.39, 0.29) is 0 Å². The maximum Gasteiger partial charge on any atom is 0.182 e. The lowest BCUT2D eigenvalue weighted by Gasteiger charge is -2.23. The highest BCUT2D eigenvalue weighted by Gasteiger charge is 2.24. The van der Waals surface area contributed by atoms with E-state index in [2.05, 4.69) is 32.0 Å². The minimum atomic E-state index is 0.314. The van der Waals surface area contributed by atoms with Gasteiger partial charge in [-0.2, -0.15) is 0 Å². The van der Waals surface area contributed by atoms with E-state index in [9.17, 15) is 0 Å². The van der Waals surface area contributed by atoms with E-state index in [0.717, 1.165) is 36.9 Å². The summed E-state index contributed by atoms with van der Waals surface area (Å²) in [5.41, 5.74) is 0.892. The molecule has 0 spiro atoms. The van der Waals surface area contributed by atoms with Gasteiger partial charge in [0.15, 0.2) is 11.6 Å². The topological polar surface area (TPSA) is 55.6 Å². The zero-order valence-corrected chi connectivity index (χ0v) is 9.80. The SMILES string of the molecule is CCC1NCCn2c(-c3ccccn3)nnc21. The molecular weight excluding hydrogens is 214 g/mol. The van der Waals surface area contributed by atoms with Crippen molar-refractivity contribution in [3.05, 3.63) is 30.2 Å². The Morgan fingerprint density at radius 3 is 3.12 bits per heavy atom. The summed E-state index contributed by atoms with van der Waals surface area (Å²) in [5, 5.41) is 12.0. The lowest BCUT2D eigenvalue weighted by Crippen LogP contribution is -2.33. The predicted molar refractivity (Wildman–Crippen MR) is 64.3 cm³/mol. The van der Waals surface area contributed by atoms with Crippen molar-refractivity contribution < 1.29 is 0 Å². The second-order valence-corrected chi connectivity index (χ2v) is 4.16. The van der Waals surface area contributed by atoms with Gasteiger partial charge in [0.05, 0.1) is 6.04 Å². The number of hydrogen-bond donors (Lipinski definition) is 1. The summed E-state index contributed by atoms with van der Waals surface area (Å²) in [5.74, 6) is 1.90. The highest BCUT2D eigenvalue weighted by atomic mass is 15.3. The van der Waals surface area contributed by atoms with Gasteiger partial charge in [-0.3, -0.25) is 4.98 Å². The number of hydrogen-bond acceptors (Lipinski definition) is 4. The van der Waals surface area contributed by atoms with Gasteiger partial charge in [0.1, 0.15) is 5.69 Å². The largest absolute Gasteiger partial charge is 0.307 e. The molecule has 88 valence electrons. The molecular formula is C12H15N5. The van der Waals surface area contributed by atoms with E-state index in [1.165, 1.54) is 0 Å². The quantitative estimate of drug-likeness (QED) is 0.845. The fourth-order valence-electron chi connectivity index (χ4n) is 2.25. The Balaban J connectivity index is 2.06. The first-order chi connectivity index (χ1) is 8.40. The Kier molecular flexibility index (Phi) is 2.60. The van der Waals surface area contributed by atoms with Gasteiger partial charge in [0.2, 0.25) is 0 Å². The minimum Gasteiger partial charge on any atom is -0.307 e. The number of fused-ring (bicyclic) bond motifs is 1. The molecule has 0 radical (unpaired) electrons. The predicted octanol–water partition coefficient (Wildman–Crippen LogP) is 1.39. The van der Waals surface area contributed by atoms with E-state index in [1.807, 2.05) is 18.2 Å². The molecule has 5 heteroatoms. The zero-order chi connectivity index (χ0) is 11.7. The fourth-order valence-corrected chi connectivity index (χ4v) is 2.25. The average molecular weight is 229 g/mol. The molecule has 1 aliphatic rings. The summed E-state index contributed by atoms with van der Waals surface area (Å²) in [4.78, 5) is 4.34. The third kappa shape index (κ3) is 1.72. The van der Waals surface area contributed by atoms with Gasteiger partial charge < -0.3 is 9.88 Å². The molecule has 1 N–H and O–H groups in total. The Labute approximate surface area is 99.9 Å². The molecule has 1 atom stereocenters. The van der Waals surface area contributed by atoms with Crippen LogP contribution in [0.3, 0.4) is 0 Å². The van der Waals surface area contributed by atoms with Crippen LogP contribution in [0.25, 0.3) is 11.5 Å². The Hall–Kier alpha value is -1.75. The normalized spacial score (nSPS) is 19.0. The first kappa shape index (κ1) is 10.4. The van der Waals surface area contributed by atoms with Gasteiger partial charge >= 0.3 is 0 Å². The lowest BCUT2D eigenvalue weighted by atomic mass is 10.2. The Morgan fingerprint density at radius 2 is 2.35 bits per heavy atom. The van der Waals surface area contributed by atoms with Crippen LogP contribution in [0.4, 0.5) is 0 Å². The van der Waals surface area contributed by atoms with Crippen molar-refractivity contribution in [1.29, 1.82) is 0 Å². The molecule has 0 fully saturated rings. The first-order valence-corrected chi connectivity index (χ1v) is 5.98. The monoisotopic (exact) mass is 229 g/mol. The molecule has 5 nitrogen and oxygen atoms in total. The standard InChI is InChI=1S/C12H15N5/c1-2-9-11-15-16-12(17(11)8-7-14-9)10-5-3-4-6-13-10/h3-6,9,14H,2,7-8H2,1H3. The summed E-state index contributed by atoms with van der Waals surface area (Å²) in [6.07, 6.45) is 2.82. The van der Waals surface area contributed by atoms with Gasteiger partial charge in [-0.1, -0.05) is 13.0 Å². The summed E-state index contributed by atoms with van der Waals surface area (Å²) < 4.78 is 2.17. The van der Waals surface area contributed by atoms with Crippen LogP contribution in [-0.2, 0) is 6.54 Å². The minimum absolute atomic E-state index is 0.314. The smallest absolute Gasteiger partial charge is 0.182 e. The second-order valence-electron chi connectivity index (χ2n) is 4.16. The van der Waals surface area contributed by atoms with Crippen LogP contribution in [0.15, 0.2) is 24.4 Å². The third-order valence-corrected chi connectivity index (χ3v) is 3.12. The van der Waals surface area contributed by atoms with Crippen LogP contribution >= 0.6 is 0 Å². The van der Waals surface area contributed by atoms with Crippen molar-refractivity contribution in [2.45, 2.75) is 25.9 Å². The summed E-state index contributed by atoms with van der Waals surface area (Å²) in [7, 11) is 0. The summed E-state index contributed by atoms with van der Waals surface area (Å²) >= 11 is 0. The van der Waals surface area contributed by atoms with Crippen molar-refractivity contribution in [1.82, 2.24) is 25.1 Å². The van der Waals surface area contributed by atoms with Crippen LogP contribution < -0.4 is 5.32 Å².